The molecule has 2 fully saturated rings. The van der Waals surface area contributed by atoms with Crippen LogP contribution in [0.4, 0.5) is 5.82 Å². The topological polar surface area (TPSA) is 193 Å². The second-order valence-corrected chi connectivity index (χ2v) is 12.5. The first-order chi connectivity index (χ1) is 20.0. The second kappa shape index (κ2) is 12.6. The van der Waals surface area contributed by atoms with Crippen LogP contribution in [0, 0.1) is 6.92 Å². The molecule has 1 aliphatic carbocycles. The highest BCUT2D eigenvalue weighted by Crippen LogP contribution is 2.48. The fraction of sp³-hybridized carbons (Fsp3) is 0.556. The number of nitrogens with two attached hydrogens (primary N) is 1. The van der Waals surface area contributed by atoms with Crippen LogP contribution in [0.2, 0.25) is 0 Å². The number of esters is 1. The van der Waals surface area contributed by atoms with Gasteiger partial charge in [0.15, 0.2) is 17.7 Å². The van der Waals surface area contributed by atoms with Crippen molar-refractivity contribution in [2.24, 2.45) is 0 Å². The molecule has 0 bridgehead atoms. The third-order valence-electron chi connectivity index (χ3n) is 7.49. The number of rotatable bonds is 10. The zero-order valence-electron chi connectivity index (χ0n) is 23.7. The van der Waals surface area contributed by atoms with Gasteiger partial charge in [-0.15, -0.1) is 0 Å². The summed E-state index contributed by atoms with van der Waals surface area (Å²) in [6.45, 7) is 4.93. The van der Waals surface area contributed by atoms with Gasteiger partial charge in [-0.3, -0.25) is 13.9 Å². The number of aryl methyl sites for hydroxylation is 1. The average molecular weight is 605 g/mol. The summed E-state index contributed by atoms with van der Waals surface area (Å²) in [7, 11) is -4.28. The SMILES string of the molecule is Cc1ccc(OP(=O)(NC(C)C(=O)OC2CCCCC2)OC(C)[C@H]2O[C@@H](n3cnc4c(N)ncnc43)[C@H](O)[C@@H]2O)cc1. The van der Waals surface area contributed by atoms with Crippen LogP contribution >= 0.6 is 7.75 Å². The minimum absolute atomic E-state index is 0.149. The number of aliphatic hydroxyl groups excluding tert-OH is 2. The van der Waals surface area contributed by atoms with Crippen LogP contribution in [0.3, 0.4) is 0 Å². The van der Waals surface area contributed by atoms with E-state index in [1.165, 1.54) is 31.1 Å². The Morgan fingerprint density at radius 1 is 1.12 bits per heavy atom. The van der Waals surface area contributed by atoms with Crippen LogP contribution < -0.4 is 15.3 Å². The first-order valence-corrected chi connectivity index (χ1v) is 15.6. The number of anilines is 1. The molecule has 7 atom stereocenters. The second-order valence-electron chi connectivity index (χ2n) is 10.8. The number of aromatic nitrogens is 4. The van der Waals surface area contributed by atoms with Crippen LogP contribution in [0.15, 0.2) is 36.9 Å². The van der Waals surface area contributed by atoms with Gasteiger partial charge in [0.05, 0.1) is 12.4 Å². The fourth-order valence-corrected chi connectivity index (χ4v) is 6.89. The van der Waals surface area contributed by atoms with Crippen molar-refractivity contribution in [3.05, 3.63) is 42.5 Å². The van der Waals surface area contributed by atoms with E-state index in [2.05, 4.69) is 20.0 Å². The molecule has 5 N–H and O–H groups in total. The van der Waals surface area contributed by atoms with Gasteiger partial charge in [-0.25, -0.2) is 19.5 Å². The molecule has 42 heavy (non-hydrogen) atoms. The van der Waals surface area contributed by atoms with Gasteiger partial charge in [0, 0.05) is 0 Å². The number of nitrogens with zero attached hydrogens (tertiary/aromatic N) is 4. The van der Waals surface area contributed by atoms with E-state index in [1.54, 1.807) is 24.3 Å². The summed E-state index contributed by atoms with van der Waals surface area (Å²) in [5.74, 6) is -0.187. The molecular weight excluding hydrogens is 567 g/mol. The van der Waals surface area contributed by atoms with Crippen molar-refractivity contribution in [3.63, 3.8) is 0 Å². The van der Waals surface area contributed by atoms with Gasteiger partial charge in [-0.1, -0.05) is 24.1 Å². The van der Waals surface area contributed by atoms with Crippen molar-refractivity contribution in [1.82, 2.24) is 24.6 Å². The molecule has 15 heteroatoms. The third-order valence-corrected chi connectivity index (χ3v) is 9.26. The van der Waals surface area contributed by atoms with E-state index in [4.69, 9.17) is 24.3 Å². The number of benzene rings is 1. The summed E-state index contributed by atoms with van der Waals surface area (Å²) < 4.78 is 38.9. The molecule has 3 aromatic rings. The number of hydrogen-bond acceptors (Lipinski definition) is 12. The number of imidazole rings is 1. The van der Waals surface area contributed by atoms with E-state index < -0.39 is 50.4 Å². The van der Waals surface area contributed by atoms with Gasteiger partial charge in [0.1, 0.15) is 48.1 Å². The molecule has 2 aliphatic rings. The van der Waals surface area contributed by atoms with Crippen LogP contribution in [-0.4, -0.2) is 72.3 Å². The summed E-state index contributed by atoms with van der Waals surface area (Å²) in [6.07, 6.45) is 0.897. The van der Waals surface area contributed by atoms with Gasteiger partial charge in [-0.2, -0.15) is 5.09 Å². The largest absolute Gasteiger partial charge is 0.461 e. The summed E-state index contributed by atoms with van der Waals surface area (Å²) in [5, 5.41) is 24.5. The van der Waals surface area contributed by atoms with Crippen LogP contribution in [0.5, 0.6) is 5.75 Å². The number of nitrogens with one attached hydrogen (secondary N) is 1. The number of fused-ring (bicyclic) bond motifs is 1. The summed E-state index contributed by atoms with van der Waals surface area (Å²) >= 11 is 0. The zero-order chi connectivity index (χ0) is 30.0. The molecule has 5 rings (SSSR count). The van der Waals surface area contributed by atoms with Crippen molar-refractivity contribution < 1.29 is 38.1 Å². The predicted octanol–water partition coefficient (Wildman–Crippen LogP) is 2.78. The van der Waals surface area contributed by atoms with Crippen molar-refractivity contribution >= 4 is 30.7 Å². The molecule has 1 saturated carbocycles. The number of carbonyl (C=O) groups excluding carboxylic acids is 1. The molecule has 1 aliphatic heterocycles. The Balaban J connectivity index is 1.33. The minimum Gasteiger partial charge on any atom is -0.461 e. The lowest BCUT2D eigenvalue weighted by Gasteiger charge is -2.29. The third kappa shape index (κ3) is 6.59. The quantitative estimate of drug-likeness (QED) is 0.195. The number of carbonyl (C=O) groups is 1. The number of hydrogen-bond donors (Lipinski definition) is 4. The van der Waals surface area contributed by atoms with Gasteiger partial charge in [0.25, 0.3) is 0 Å². The summed E-state index contributed by atoms with van der Waals surface area (Å²) in [6, 6.07) is 5.77. The molecule has 1 saturated heterocycles. The van der Waals surface area contributed by atoms with Gasteiger partial charge >= 0.3 is 13.7 Å². The highest BCUT2D eigenvalue weighted by molar-refractivity contribution is 7.52. The lowest BCUT2D eigenvalue weighted by atomic mass is 9.98. The van der Waals surface area contributed by atoms with E-state index >= 15 is 0 Å². The lowest BCUT2D eigenvalue weighted by Crippen LogP contribution is -2.41. The molecule has 228 valence electrons. The molecule has 1 aromatic carbocycles. The Hall–Kier alpha value is -3.13. The molecule has 14 nitrogen and oxygen atoms in total. The van der Waals surface area contributed by atoms with Crippen molar-refractivity contribution in [2.75, 3.05) is 5.73 Å². The van der Waals surface area contributed by atoms with E-state index in [0.29, 0.717) is 11.2 Å². The van der Waals surface area contributed by atoms with Gasteiger partial charge in [0.2, 0.25) is 0 Å². The Labute approximate surface area is 243 Å². The Bertz CT molecular complexity index is 1430. The molecule has 3 heterocycles. The predicted molar refractivity (Wildman–Crippen MR) is 151 cm³/mol. The normalized spacial score (nSPS) is 26.0. The Morgan fingerprint density at radius 3 is 2.55 bits per heavy atom. The first kappa shape index (κ1) is 30.3. The smallest absolute Gasteiger partial charge is 0.459 e. The van der Waals surface area contributed by atoms with Gasteiger partial charge < -0.3 is 29.9 Å². The highest BCUT2D eigenvalue weighted by Gasteiger charge is 2.49. The molecule has 0 spiro atoms. The maximum absolute atomic E-state index is 14.1. The molecule has 0 radical (unpaired) electrons. The van der Waals surface area contributed by atoms with E-state index in [-0.39, 0.29) is 17.7 Å². The van der Waals surface area contributed by atoms with E-state index in [0.717, 1.165) is 37.7 Å². The maximum Gasteiger partial charge on any atom is 0.459 e. The highest BCUT2D eigenvalue weighted by atomic mass is 31.2. The minimum atomic E-state index is -4.28. The van der Waals surface area contributed by atoms with Crippen LogP contribution in [0.1, 0.15) is 57.7 Å². The zero-order valence-corrected chi connectivity index (χ0v) is 24.6. The molecule has 2 aromatic heterocycles. The van der Waals surface area contributed by atoms with E-state index in [1.807, 2.05) is 6.92 Å². The van der Waals surface area contributed by atoms with E-state index in [9.17, 15) is 19.6 Å². The van der Waals surface area contributed by atoms with Gasteiger partial charge in [-0.05, 0) is 58.6 Å². The molecular formula is C27H37N6O8P. The fourth-order valence-electron chi connectivity index (χ4n) is 5.19. The standard InChI is InChI=1S/C27H37N6O8P/c1-15-9-11-19(12-10-15)41-42(37,32-16(2)27(36)38-18-7-5-4-6-8-18)40-17(3)23-21(34)22(35)26(39-23)33-14-31-20-24(28)29-13-30-25(20)33/h9-14,16-18,21-23,26,34-35H,4-8H2,1-3H3,(H,32,37)(H2,28,29,30)/t16?,17?,21-,22+,23+,26+,42?/m0/s1. The number of nitrogen functional groups attached to an aromatic ring is 1. The summed E-state index contributed by atoms with van der Waals surface area (Å²) in [5.41, 5.74) is 7.45. The number of ether oxygens (including phenoxy) is 2. The van der Waals surface area contributed by atoms with Crippen molar-refractivity contribution in [3.8, 4) is 5.75 Å². The average Bonchev–Trinajstić information content (AvgIpc) is 3.52. The monoisotopic (exact) mass is 604 g/mol. The Kier molecular flexibility index (Phi) is 9.11. The first-order valence-electron chi connectivity index (χ1n) is 14.0. The maximum atomic E-state index is 14.1. The summed E-state index contributed by atoms with van der Waals surface area (Å²) in [4.78, 5) is 25.1. The Morgan fingerprint density at radius 2 is 1.83 bits per heavy atom. The van der Waals surface area contributed by atoms with Crippen molar-refractivity contribution in [1.29, 1.82) is 0 Å². The van der Waals surface area contributed by atoms with Crippen molar-refractivity contribution in [2.45, 2.75) is 95.7 Å². The van der Waals surface area contributed by atoms with Crippen LogP contribution in [0.25, 0.3) is 11.2 Å². The lowest BCUT2D eigenvalue weighted by molar-refractivity contribution is -0.152. The van der Waals surface area contributed by atoms with Crippen LogP contribution in [-0.2, 0) is 23.4 Å². The molecule has 0 amide bonds. The number of aliphatic hydroxyl groups is 2. The molecule has 3 unspecified atom stereocenters.